The van der Waals surface area contributed by atoms with Crippen LogP contribution in [-0.4, -0.2) is 6.43 Å². The van der Waals surface area contributed by atoms with E-state index in [0.29, 0.717) is 0 Å². The van der Waals surface area contributed by atoms with Crippen molar-refractivity contribution < 1.29 is 8.78 Å². The Balaban J connectivity index is 3.25. The molecule has 0 bridgehead atoms. The predicted octanol–water partition coefficient (Wildman–Crippen LogP) is 3.94. The van der Waals surface area contributed by atoms with Gasteiger partial charge in [0.25, 0.3) is 6.43 Å². The largest absolute Gasteiger partial charge is 0.257 e. The molecule has 0 rings (SSSR count). The topological polar surface area (TPSA) is 0 Å². The Morgan fingerprint density at radius 3 is 2.50 bits per heavy atom. The molecular formula is C10H16F2. The van der Waals surface area contributed by atoms with Gasteiger partial charge in [-0.05, 0) is 18.9 Å². The maximum absolute atomic E-state index is 11.5. The van der Waals surface area contributed by atoms with Crippen LogP contribution in [0, 0.1) is 0 Å². The summed E-state index contributed by atoms with van der Waals surface area (Å²) in [5, 5.41) is 0. The molecule has 0 unspecified atom stereocenters. The first-order valence-corrected chi connectivity index (χ1v) is 4.39. The van der Waals surface area contributed by atoms with E-state index in [0.717, 1.165) is 18.9 Å². The number of halogens is 2. The minimum Gasteiger partial charge on any atom is -0.206 e. The van der Waals surface area contributed by atoms with Gasteiger partial charge >= 0.3 is 0 Å². The average molecular weight is 174 g/mol. The van der Waals surface area contributed by atoms with Crippen LogP contribution in [0.3, 0.4) is 0 Å². The highest BCUT2D eigenvalue weighted by Crippen LogP contribution is 2.00. The summed E-state index contributed by atoms with van der Waals surface area (Å²) in [4.78, 5) is 0. The van der Waals surface area contributed by atoms with Crippen LogP contribution in [0.5, 0.6) is 0 Å². The van der Waals surface area contributed by atoms with Crippen molar-refractivity contribution in [3.05, 3.63) is 24.3 Å². The van der Waals surface area contributed by atoms with Gasteiger partial charge in [0, 0.05) is 0 Å². The van der Waals surface area contributed by atoms with E-state index < -0.39 is 6.43 Å². The van der Waals surface area contributed by atoms with Crippen LogP contribution >= 0.6 is 0 Å². The van der Waals surface area contributed by atoms with Crippen LogP contribution in [-0.2, 0) is 0 Å². The molecule has 0 saturated heterocycles. The van der Waals surface area contributed by atoms with E-state index in [1.54, 1.807) is 6.08 Å². The summed E-state index contributed by atoms with van der Waals surface area (Å²) >= 11 is 0. The first kappa shape index (κ1) is 11.3. The maximum Gasteiger partial charge on any atom is 0.257 e. The Morgan fingerprint density at radius 1 is 1.17 bits per heavy atom. The lowest BCUT2D eigenvalue weighted by Crippen LogP contribution is -1.77. The zero-order valence-corrected chi connectivity index (χ0v) is 7.47. The van der Waals surface area contributed by atoms with E-state index in [-0.39, 0.29) is 0 Å². The first-order valence-electron chi connectivity index (χ1n) is 4.39. The van der Waals surface area contributed by atoms with Crippen molar-refractivity contribution in [1.29, 1.82) is 0 Å². The Bertz CT molecular complexity index is 137. The standard InChI is InChI=1S/C10H16F2/c1-2-3-4-5-6-7-8-9-10(11)12/h6-10H,2-5H2,1H3/b7-6+,9-8+. The lowest BCUT2D eigenvalue weighted by molar-refractivity contribution is 0.204. The van der Waals surface area contributed by atoms with Crippen molar-refractivity contribution in [2.75, 3.05) is 0 Å². The van der Waals surface area contributed by atoms with Gasteiger partial charge in [0.2, 0.25) is 0 Å². The zero-order valence-electron chi connectivity index (χ0n) is 7.47. The Morgan fingerprint density at radius 2 is 1.92 bits per heavy atom. The molecule has 0 fully saturated rings. The lowest BCUT2D eigenvalue weighted by Gasteiger charge is -1.89. The van der Waals surface area contributed by atoms with Crippen LogP contribution in [0.15, 0.2) is 24.3 Å². The second-order valence-electron chi connectivity index (χ2n) is 2.64. The molecule has 0 aromatic carbocycles. The van der Waals surface area contributed by atoms with Crippen molar-refractivity contribution in [1.82, 2.24) is 0 Å². The van der Waals surface area contributed by atoms with Gasteiger partial charge in [0.15, 0.2) is 0 Å². The van der Waals surface area contributed by atoms with Crippen molar-refractivity contribution in [2.24, 2.45) is 0 Å². The molecule has 0 spiro atoms. The van der Waals surface area contributed by atoms with Crippen molar-refractivity contribution in [3.8, 4) is 0 Å². The highest BCUT2D eigenvalue weighted by Gasteiger charge is 1.89. The van der Waals surface area contributed by atoms with E-state index in [1.165, 1.54) is 18.9 Å². The summed E-state index contributed by atoms with van der Waals surface area (Å²) in [6.45, 7) is 2.14. The van der Waals surface area contributed by atoms with Gasteiger partial charge in [-0.1, -0.05) is 38.0 Å². The van der Waals surface area contributed by atoms with Gasteiger partial charge in [-0.2, -0.15) is 0 Å². The number of hydrogen-bond donors (Lipinski definition) is 0. The normalized spacial score (nSPS) is 12.3. The molecule has 0 aromatic heterocycles. The SMILES string of the molecule is CCCCC/C=C/C=C/C(F)F. The predicted molar refractivity (Wildman–Crippen MR) is 48.4 cm³/mol. The number of unbranched alkanes of at least 4 members (excludes halogenated alkanes) is 3. The Hall–Kier alpha value is -0.660. The maximum atomic E-state index is 11.5. The highest BCUT2D eigenvalue weighted by molar-refractivity contribution is 5.03. The molecule has 0 heterocycles. The van der Waals surface area contributed by atoms with Gasteiger partial charge in [-0.15, -0.1) is 0 Å². The minimum absolute atomic E-state index is 0.885. The van der Waals surface area contributed by atoms with Crippen molar-refractivity contribution in [2.45, 2.75) is 39.0 Å². The number of alkyl halides is 2. The number of allylic oxidation sites excluding steroid dienone is 4. The third kappa shape index (κ3) is 9.34. The van der Waals surface area contributed by atoms with E-state index >= 15 is 0 Å². The van der Waals surface area contributed by atoms with Crippen LogP contribution in [0.2, 0.25) is 0 Å². The zero-order chi connectivity index (χ0) is 9.23. The molecule has 70 valence electrons. The lowest BCUT2D eigenvalue weighted by atomic mass is 10.2. The monoisotopic (exact) mass is 174 g/mol. The summed E-state index contributed by atoms with van der Waals surface area (Å²) in [5.41, 5.74) is 0. The summed E-state index contributed by atoms with van der Waals surface area (Å²) < 4.78 is 23.1. The summed E-state index contributed by atoms with van der Waals surface area (Å²) in [5.74, 6) is 0. The molecule has 0 aliphatic rings. The molecule has 12 heavy (non-hydrogen) atoms. The fourth-order valence-electron chi connectivity index (χ4n) is 0.835. The van der Waals surface area contributed by atoms with Gasteiger partial charge in [0.05, 0.1) is 0 Å². The van der Waals surface area contributed by atoms with Crippen molar-refractivity contribution in [3.63, 3.8) is 0 Å². The quantitative estimate of drug-likeness (QED) is 0.422. The summed E-state index contributed by atoms with van der Waals surface area (Å²) in [6, 6.07) is 0. The average Bonchev–Trinajstić information content (AvgIpc) is 2.02. The van der Waals surface area contributed by atoms with E-state index in [9.17, 15) is 8.78 Å². The summed E-state index contributed by atoms with van der Waals surface area (Å²) in [6.07, 6.45) is 8.11. The van der Waals surface area contributed by atoms with E-state index in [1.807, 2.05) is 6.08 Å². The molecule has 0 aromatic rings. The van der Waals surface area contributed by atoms with Crippen LogP contribution in [0.1, 0.15) is 32.6 Å². The molecule has 0 nitrogen and oxygen atoms in total. The number of rotatable bonds is 6. The van der Waals surface area contributed by atoms with Crippen LogP contribution in [0.25, 0.3) is 0 Å². The number of hydrogen-bond acceptors (Lipinski definition) is 0. The molecule has 0 N–H and O–H groups in total. The summed E-state index contributed by atoms with van der Waals surface area (Å²) in [7, 11) is 0. The van der Waals surface area contributed by atoms with Crippen molar-refractivity contribution >= 4 is 0 Å². The van der Waals surface area contributed by atoms with E-state index in [4.69, 9.17) is 0 Å². The third-order valence-corrected chi connectivity index (χ3v) is 1.48. The van der Waals surface area contributed by atoms with Crippen LogP contribution < -0.4 is 0 Å². The van der Waals surface area contributed by atoms with Gasteiger partial charge in [-0.3, -0.25) is 0 Å². The fraction of sp³-hybridized carbons (Fsp3) is 0.600. The second kappa shape index (κ2) is 8.44. The Labute approximate surface area is 73.0 Å². The molecule has 0 saturated carbocycles. The molecule has 0 radical (unpaired) electrons. The molecule has 0 aliphatic carbocycles. The molecule has 0 atom stereocenters. The highest BCUT2D eigenvalue weighted by atomic mass is 19.3. The molecule has 2 heteroatoms. The van der Waals surface area contributed by atoms with E-state index in [2.05, 4.69) is 6.92 Å². The minimum atomic E-state index is -2.33. The second-order valence-corrected chi connectivity index (χ2v) is 2.64. The van der Waals surface area contributed by atoms with Crippen LogP contribution in [0.4, 0.5) is 8.78 Å². The smallest absolute Gasteiger partial charge is 0.206 e. The van der Waals surface area contributed by atoms with Gasteiger partial charge in [-0.25, -0.2) is 8.78 Å². The van der Waals surface area contributed by atoms with Gasteiger partial charge in [0.1, 0.15) is 0 Å². The van der Waals surface area contributed by atoms with Gasteiger partial charge < -0.3 is 0 Å². The first-order chi connectivity index (χ1) is 5.77. The molecule has 0 aliphatic heterocycles. The fourth-order valence-corrected chi connectivity index (χ4v) is 0.835. The third-order valence-electron chi connectivity index (χ3n) is 1.48. The molecular weight excluding hydrogens is 158 g/mol. The Kier molecular flexibility index (Phi) is 7.97. The molecule has 0 amide bonds.